The Morgan fingerprint density at radius 3 is 2.47 bits per heavy atom. The second kappa shape index (κ2) is 5.82. The van der Waals surface area contributed by atoms with E-state index in [9.17, 15) is 9.59 Å². The van der Waals surface area contributed by atoms with Crippen molar-refractivity contribution in [2.24, 2.45) is 0 Å². The number of aryl methyl sites for hydroxylation is 1. The van der Waals surface area contributed by atoms with Crippen LogP contribution >= 0.6 is 11.3 Å². The number of rotatable bonds is 4. The zero-order chi connectivity index (χ0) is 13.0. The van der Waals surface area contributed by atoms with E-state index in [1.807, 2.05) is 26.8 Å². The summed E-state index contributed by atoms with van der Waals surface area (Å²) in [5, 5.41) is 0. The Morgan fingerprint density at radius 1 is 1.41 bits per heavy atom. The minimum Gasteiger partial charge on any atom is -0.468 e. The maximum absolute atomic E-state index is 12.2. The van der Waals surface area contributed by atoms with Crippen LogP contribution < -0.4 is 0 Å². The second-order valence-electron chi connectivity index (χ2n) is 4.01. The summed E-state index contributed by atoms with van der Waals surface area (Å²) >= 11 is 1.43. The smallest absolute Gasteiger partial charge is 0.325 e. The zero-order valence-electron chi connectivity index (χ0n) is 10.5. The Kier molecular flexibility index (Phi) is 4.69. The summed E-state index contributed by atoms with van der Waals surface area (Å²) in [5.41, 5.74) is 0. The minimum absolute atomic E-state index is 0.00997. The van der Waals surface area contributed by atoms with Crippen molar-refractivity contribution in [1.82, 2.24) is 4.90 Å². The van der Waals surface area contributed by atoms with Gasteiger partial charge in [0.05, 0.1) is 12.0 Å². The number of esters is 1. The number of ether oxygens (including phenoxy) is 1. The van der Waals surface area contributed by atoms with Crippen molar-refractivity contribution in [3.8, 4) is 0 Å². The number of hydrogen-bond donors (Lipinski definition) is 0. The van der Waals surface area contributed by atoms with Gasteiger partial charge in [-0.25, -0.2) is 0 Å². The number of amides is 1. The van der Waals surface area contributed by atoms with Crippen molar-refractivity contribution in [3.63, 3.8) is 0 Å². The first-order valence-corrected chi connectivity index (χ1v) is 6.21. The highest BCUT2D eigenvalue weighted by molar-refractivity contribution is 7.13. The van der Waals surface area contributed by atoms with Gasteiger partial charge in [0.25, 0.3) is 5.91 Å². The highest BCUT2D eigenvalue weighted by Crippen LogP contribution is 2.18. The largest absolute Gasteiger partial charge is 0.468 e. The molecule has 4 nitrogen and oxygen atoms in total. The molecule has 94 valence electrons. The minimum atomic E-state index is -0.402. The summed E-state index contributed by atoms with van der Waals surface area (Å²) in [6.45, 7) is 5.69. The standard InChI is InChI=1S/C12H17NO3S/c1-8(2)13(7-11(14)16-4)12(15)10-6-5-9(3)17-10/h5-6,8H,7H2,1-4H3. The van der Waals surface area contributed by atoms with Crippen molar-refractivity contribution in [2.75, 3.05) is 13.7 Å². The van der Waals surface area contributed by atoms with E-state index in [-0.39, 0.29) is 18.5 Å². The fraction of sp³-hybridized carbons (Fsp3) is 0.500. The van der Waals surface area contributed by atoms with Gasteiger partial charge in [0.1, 0.15) is 6.54 Å². The van der Waals surface area contributed by atoms with Crippen LogP contribution in [0.4, 0.5) is 0 Å². The molecule has 0 atom stereocenters. The molecule has 17 heavy (non-hydrogen) atoms. The molecule has 0 N–H and O–H groups in total. The van der Waals surface area contributed by atoms with Crippen molar-refractivity contribution >= 4 is 23.2 Å². The summed E-state index contributed by atoms with van der Waals surface area (Å²) in [5.74, 6) is -0.524. The van der Waals surface area contributed by atoms with Gasteiger partial charge in [-0.1, -0.05) is 0 Å². The lowest BCUT2D eigenvalue weighted by molar-refractivity contribution is -0.141. The molecule has 0 bridgehead atoms. The summed E-state index contributed by atoms with van der Waals surface area (Å²) in [6, 6.07) is 3.65. The maximum atomic E-state index is 12.2. The Morgan fingerprint density at radius 2 is 2.06 bits per heavy atom. The quantitative estimate of drug-likeness (QED) is 0.774. The Bertz CT molecular complexity index is 412. The first-order valence-electron chi connectivity index (χ1n) is 5.40. The molecule has 0 saturated carbocycles. The first kappa shape index (κ1) is 13.7. The van der Waals surface area contributed by atoms with E-state index >= 15 is 0 Å². The maximum Gasteiger partial charge on any atom is 0.325 e. The average molecular weight is 255 g/mol. The number of carbonyl (C=O) groups is 2. The molecule has 1 amide bonds. The van der Waals surface area contributed by atoms with Crippen LogP contribution in [0.3, 0.4) is 0 Å². The van der Waals surface area contributed by atoms with E-state index < -0.39 is 5.97 Å². The van der Waals surface area contributed by atoms with Gasteiger partial charge in [-0.2, -0.15) is 0 Å². The lowest BCUT2D eigenvalue weighted by atomic mass is 10.3. The van der Waals surface area contributed by atoms with Crippen LogP contribution in [0.15, 0.2) is 12.1 Å². The molecule has 0 saturated heterocycles. The van der Waals surface area contributed by atoms with Crippen LogP contribution in [-0.4, -0.2) is 36.5 Å². The molecule has 0 aliphatic carbocycles. The number of methoxy groups -OCH3 is 1. The zero-order valence-corrected chi connectivity index (χ0v) is 11.3. The molecule has 0 radical (unpaired) electrons. The Hall–Kier alpha value is -1.36. The normalized spacial score (nSPS) is 10.4. The van der Waals surface area contributed by atoms with Crippen LogP contribution in [0.5, 0.6) is 0 Å². The highest BCUT2D eigenvalue weighted by Gasteiger charge is 2.22. The second-order valence-corrected chi connectivity index (χ2v) is 5.30. The van der Waals surface area contributed by atoms with Gasteiger partial charge in [0, 0.05) is 10.9 Å². The van der Waals surface area contributed by atoms with Gasteiger partial charge in [-0.05, 0) is 32.9 Å². The molecule has 0 spiro atoms. The van der Waals surface area contributed by atoms with Crippen LogP contribution in [0.25, 0.3) is 0 Å². The van der Waals surface area contributed by atoms with Crippen molar-refractivity contribution in [1.29, 1.82) is 0 Å². The van der Waals surface area contributed by atoms with Crippen LogP contribution in [0.2, 0.25) is 0 Å². The van der Waals surface area contributed by atoms with Crippen LogP contribution in [0.1, 0.15) is 28.4 Å². The monoisotopic (exact) mass is 255 g/mol. The number of nitrogens with zero attached hydrogens (tertiary/aromatic N) is 1. The van der Waals surface area contributed by atoms with Gasteiger partial charge in [0.15, 0.2) is 0 Å². The van der Waals surface area contributed by atoms with E-state index in [4.69, 9.17) is 0 Å². The molecule has 1 aromatic heterocycles. The predicted octanol–water partition coefficient (Wildman–Crippen LogP) is 2.08. The van der Waals surface area contributed by atoms with Gasteiger partial charge in [-0.3, -0.25) is 9.59 Å². The van der Waals surface area contributed by atoms with Crippen molar-refractivity contribution in [2.45, 2.75) is 26.8 Å². The van der Waals surface area contributed by atoms with E-state index in [2.05, 4.69) is 4.74 Å². The van der Waals surface area contributed by atoms with E-state index in [0.717, 1.165) is 4.88 Å². The summed E-state index contributed by atoms with van der Waals surface area (Å²) in [4.78, 5) is 26.7. The van der Waals surface area contributed by atoms with E-state index in [0.29, 0.717) is 4.88 Å². The van der Waals surface area contributed by atoms with Gasteiger partial charge in [0.2, 0.25) is 0 Å². The van der Waals surface area contributed by atoms with Gasteiger partial charge < -0.3 is 9.64 Å². The first-order chi connectivity index (χ1) is 7.95. The molecule has 0 unspecified atom stereocenters. The van der Waals surface area contributed by atoms with Gasteiger partial charge >= 0.3 is 5.97 Å². The van der Waals surface area contributed by atoms with E-state index in [1.54, 1.807) is 6.07 Å². The third-order valence-corrected chi connectivity index (χ3v) is 3.35. The highest BCUT2D eigenvalue weighted by atomic mass is 32.1. The lowest BCUT2D eigenvalue weighted by Crippen LogP contribution is -2.40. The fourth-order valence-electron chi connectivity index (χ4n) is 1.38. The van der Waals surface area contributed by atoms with Gasteiger partial charge in [-0.15, -0.1) is 11.3 Å². The summed E-state index contributed by atoms with van der Waals surface area (Å²) < 4.78 is 4.59. The third kappa shape index (κ3) is 3.56. The van der Waals surface area contributed by atoms with Crippen molar-refractivity contribution in [3.05, 3.63) is 21.9 Å². The molecule has 0 aromatic carbocycles. The molecule has 5 heteroatoms. The topological polar surface area (TPSA) is 46.6 Å². The molecule has 0 fully saturated rings. The Labute approximate surface area is 105 Å². The SMILES string of the molecule is COC(=O)CN(C(=O)c1ccc(C)s1)C(C)C. The third-order valence-electron chi connectivity index (χ3n) is 2.36. The van der Waals surface area contributed by atoms with Crippen molar-refractivity contribution < 1.29 is 14.3 Å². The van der Waals surface area contributed by atoms with Crippen LogP contribution in [0, 0.1) is 6.92 Å². The number of hydrogen-bond acceptors (Lipinski definition) is 4. The number of carbonyl (C=O) groups excluding carboxylic acids is 2. The molecule has 1 aromatic rings. The molecular formula is C12H17NO3S. The summed E-state index contributed by atoms with van der Waals surface area (Å²) in [6.07, 6.45) is 0. The molecule has 1 heterocycles. The molecule has 0 aliphatic heterocycles. The molecule has 1 rings (SSSR count). The Balaban J connectivity index is 2.84. The molecular weight excluding hydrogens is 238 g/mol. The van der Waals surface area contributed by atoms with Crippen LogP contribution in [-0.2, 0) is 9.53 Å². The molecule has 0 aliphatic rings. The van der Waals surface area contributed by atoms with E-state index in [1.165, 1.54) is 23.3 Å². The number of thiophene rings is 1. The fourth-order valence-corrected chi connectivity index (χ4v) is 2.21. The summed E-state index contributed by atoms with van der Waals surface area (Å²) in [7, 11) is 1.32. The predicted molar refractivity (Wildman–Crippen MR) is 67.2 cm³/mol. The lowest BCUT2D eigenvalue weighted by Gasteiger charge is -2.24. The average Bonchev–Trinajstić information content (AvgIpc) is 2.71.